The van der Waals surface area contributed by atoms with Gasteiger partial charge in [0.05, 0.1) is 17.0 Å². The van der Waals surface area contributed by atoms with E-state index in [0.717, 1.165) is 59.5 Å². The molecule has 1 amide bonds. The number of hydrogen-bond acceptors (Lipinski definition) is 2. The topological polar surface area (TPSA) is 46.4 Å². The Labute approximate surface area is 210 Å². The lowest BCUT2D eigenvalue weighted by molar-refractivity contribution is -0.0166. The molecule has 0 unspecified atom stereocenters. The Balaban J connectivity index is 1.33. The number of nitrogens with zero attached hydrogens (tertiary/aromatic N) is 2. The predicted octanol–water partition coefficient (Wildman–Crippen LogP) is 7.02. The molecule has 176 valence electrons. The Hall–Kier alpha value is -3.11. The summed E-state index contributed by atoms with van der Waals surface area (Å²) in [5.41, 5.74) is 5.16. The van der Waals surface area contributed by atoms with Gasteiger partial charge in [0.15, 0.2) is 5.65 Å². The van der Waals surface area contributed by atoms with Crippen LogP contribution in [-0.4, -0.2) is 20.8 Å². The maximum Gasteiger partial charge on any atom is 0.255 e. The van der Waals surface area contributed by atoms with Crippen molar-refractivity contribution < 1.29 is 4.79 Å². The molecule has 0 atom stereocenters. The largest absolute Gasteiger partial charge is 0.346 e. The molecule has 2 heterocycles. The van der Waals surface area contributed by atoms with Crippen molar-refractivity contribution in [3.63, 3.8) is 0 Å². The highest BCUT2D eigenvalue weighted by atomic mass is 35.5. The number of carbonyl (C=O) groups excluding carboxylic acids is 1. The fourth-order valence-corrected chi connectivity index (χ4v) is 7.62. The Kier molecular flexibility index (Phi) is 4.82. The van der Waals surface area contributed by atoms with Gasteiger partial charge in [-0.15, -0.1) is 0 Å². The molecular formula is C30H28ClN3O. The number of amides is 1. The number of aromatic nitrogens is 2. The molecule has 2 aromatic heterocycles. The lowest BCUT2D eigenvalue weighted by Crippen LogP contribution is -2.59. The van der Waals surface area contributed by atoms with Crippen molar-refractivity contribution in [1.82, 2.24) is 14.7 Å². The summed E-state index contributed by atoms with van der Waals surface area (Å²) in [6.07, 6.45) is 9.47. The first-order valence-electron chi connectivity index (χ1n) is 12.7. The van der Waals surface area contributed by atoms with Gasteiger partial charge < -0.3 is 5.32 Å². The van der Waals surface area contributed by atoms with E-state index in [1.165, 1.54) is 19.3 Å². The maximum atomic E-state index is 13.8. The van der Waals surface area contributed by atoms with Gasteiger partial charge >= 0.3 is 0 Å². The Morgan fingerprint density at radius 3 is 2.17 bits per heavy atom. The molecule has 0 radical (unpaired) electrons. The van der Waals surface area contributed by atoms with Crippen LogP contribution in [0.2, 0.25) is 5.02 Å². The molecule has 4 aromatic rings. The zero-order valence-electron chi connectivity index (χ0n) is 19.6. The standard InChI is InChI=1S/C30H28ClN3O/c31-24-10-8-22(9-11-24)26-27(23-5-2-1-3-6-23)34-12-4-7-25(28(34)32-26)29(35)33-30-16-19-13-20(17-30)15-21(14-19)18-30/h1-12,19-21H,13-18H2,(H,33,35). The van der Waals surface area contributed by atoms with Crippen LogP contribution in [0.4, 0.5) is 0 Å². The third-order valence-corrected chi connectivity index (χ3v) is 8.73. The highest BCUT2D eigenvalue weighted by Gasteiger charge is 2.51. The van der Waals surface area contributed by atoms with Gasteiger partial charge in [-0.05, 0) is 80.5 Å². The van der Waals surface area contributed by atoms with Gasteiger partial charge in [0, 0.05) is 27.9 Å². The second-order valence-electron chi connectivity index (χ2n) is 10.9. The molecule has 2 aromatic carbocycles. The molecule has 0 saturated heterocycles. The molecule has 35 heavy (non-hydrogen) atoms. The summed E-state index contributed by atoms with van der Waals surface area (Å²) >= 11 is 6.17. The molecule has 8 rings (SSSR count). The number of nitrogens with one attached hydrogen (secondary N) is 1. The lowest BCUT2D eigenvalue weighted by atomic mass is 9.53. The average Bonchev–Trinajstić information content (AvgIpc) is 3.23. The summed E-state index contributed by atoms with van der Waals surface area (Å²) in [4.78, 5) is 18.9. The summed E-state index contributed by atoms with van der Waals surface area (Å²) in [7, 11) is 0. The molecule has 4 fully saturated rings. The summed E-state index contributed by atoms with van der Waals surface area (Å²) in [6.45, 7) is 0. The van der Waals surface area contributed by atoms with Crippen LogP contribution in [0.1, 0.15) is 48.9 Å². The van der Waals surface area contributed by atoms with Crippen LogP contribution < -0.4 is 5.32 Å². The summed E-state index contributed by atoms with van der Waals surface area (Å²) in [6, 6.07) is 21.9. The van der Waals surface area contributed by atoms with E-state index >= 15 is 0 Å². The number of benzene rings is 2. The van der Waals surface area contributed by atoms with Crippen molar-refractivity contribution in [2.45, 2.75) is 44.1 Å². The fourth-order valence-electron chi connectivity index (χ4n) is 7.50. The van der Waals surface area contributed by atoms with Gasteiger partial charge in [0.1, 0.15) is 0 Å². The van der Waals surface area contributed by atoms with Crippen LogP contribution in [0.25, 0.3) is 28.2 Å². The number of halogens is 1. The predicted molar refractivity (Wildman–Crippen MR) is 139 cm³/mol. The van der Waals surface area contributed by atoms with E-state index < -0.39 is 0 Å². The third-order valence-electron chi connectivity index (χ3n) is 8.48. The van der Waals surface area contributed by atoms with Crippen molar-refractivity contribution in [1.29, 1.82) is 0 Å². The minimum atomic E-state index is -0.0352. The van der Waals surface area contributed by atoms with Gasteiger partial charge in [-0.3, -0.25) is 9.20 Å². The Morgan fingerprint density at radius 1 is 0.857 bits per heavy atom. The Morgan fingerprint density at radius 2 is 1.51 bits per heavy atom. The Bertz CT molecular complexity index is 1390. The van der Waals surface area contributed by atoms with Crippen molar-refractivity contribution in [2.24, 2.45) is 17.8 Å². The van der Waals surface area contributed by atoms with E-state index in [2.05, 4.69) is 21.9 Å². The minimum absolute atomic E-state index is 0.00446. The third kappa shape index (κ3) is 3.58. The number of fused-ring (bicyclic) bond motifs is 1. The van der Waals surface area contributed by atoms with Crippen molar-refractivity contribution in [2.75, 3.05) is 0 Å². The van der Waals surface area contributed by atoms with E-state index in [1.807, 2.05) is 60.8 Å². The fraction of sp³-hybridized carbons (Fsp3) is 0.333. The van der Waals surface area contributed by atoms with Gasteiger partial charge in [0.25, 0.3) is 5.91 Å². The smallest absolute Gasteiger partial charge is 0.255 e. The van der Waals surface area contributed by atoms with Crippen LogP contribution in [0.5, 0.6) is 0 Å². The molecule has 4 saturated carbocycles. The van der Waals surface area contributed by atoms with Crippen molar-refractivity contribution in [3.05, 3.63) is 83.5 Å². The van der Waals surface area contributed by atoms with Gasteiger partial charge in [0.2, 0.25) is 0 Å². The number of pyridine rings is 1. The molecule has 1 N–H and O–H groups in total. The summed E-state index contributed by atoms with van der Waals surface area (Å²) in [5, 5.41) is 4.23. The summed E-state index contributed by atoms with van der Waals surface area (Å²) < 4.78 is 2.06. The maximum absolute atomic E-state index is 13.8. The highest BCUT2D eigenvalue weighted by molar-refractivity contribution is 6.30. The summed E-state index contributed by atoms with van der Waals surface area (Å²) in [5.74, 6) is 2.35. The van der Waals surface area contributed by atoms with E-state index in [4.69, 9.17) is 16.6 Å². The number of imidazole rings is 1. The first-order chi connectivity index (χ1) is 17.1. The highest BCUT2D eigenvalue weighted by Crippen LogP contribution is 2.55. The monoisotopic (exact) mass is 481 g/mol. The number of carbonyl (C=O) groups is 1. The second-order valence-corrected chi connectivity index (χ2v) is 11.4. The molecule has 4 bridgehead atoms. The van der Waals surface area contributed by atoms with Gasteiger partial charge in [-0.25, -0.2) is 4.98 Å². The zero-order valence-corrected chi connectivity index (χ0v) is 20.3. The first-order valence-corrected chi connectivity index (χ1v) is 13.1. The van der Waals surface area contributed by atoms with Crippen LogP contribution in [0.3, 0.4) is 0 Å². The van der Waals surface area contributed by atoms with E-state index in [0.29, 0.717) is 16.2 Å². The van der Waals surface area contributed by atoms with Crippen LogP contribution in [-0.2, 0) is 0 Å². The zero-order chi connectivity index (χ0) is 23.6. The quantitative estimate of drug-likeness (QED) is 0.340. The number of rotatable bonds is 4. The van der Waals surface area contributed by atoms with Crippen LogP contribution >= 0.6 is 11.6 Å². The van der Waals surface area contributed by atoms with E-state index in [9.17, 15) is 4.79 Å². The van der Waals surface area contributed by atoms with Crippen LogP contribution in [0.15, 0.2) is 72.9 Å². The SMILES string of the molecule is O=C(NC12CC3CC(CC(C3)C1)C2)c1cccn2c(-c3ccccc3)c(-c3ccc(Cl)cc3)nc12. The lowest BCUT2D eigenvalue weighted by Gasteiger charge is -2.56. The molecule has 5 heteroatoms. The average molecular weight is 482 g/mol. The molecule has 4 aliphatic rings. The van der Waals surface area contributed by atoms with Crippen molar-refractivity contribution >= 4 is 23.2 Å². The number of hydrogen-bond donors (Lipinski definition) is 1. The first kappa shape index (κ1) is 21.2. The second kappa shape index (κ2) is 7.96. The molecular weight excluding hydrogens is 454 g/mol. The normalized spacial score (nSPS) is 26.8. The van der Waals surface area contributed by atoms with Gasteiger partial charge in [-0.1, -0.05) is 54.1 Å². The molecule has 4 nitrogen and oxygen atoms in total. The molecule has 0 spiro atoms. The molecule has 0 aliphatic heterocycles. The van der Waals surface area contributed by atoms with Crippen molar-refractivity contribution in [3.8, 4) is 22.5 Å². The van der Waals surface area contributed by atoms with E-state index in [-0.39, 0.29) is 11.4 Å². The van der Waals surface area contributed by atoms with Gasteiger partial charge in [-0.2, -0.15) is 0 Å². The molecule has 4 aliphatic carbocycles. The van der Waals surface area contributed by atoms with E-state index in [1.54, 1.807) is 0 Å². The van der Waals surface area contributed by atoms with Crippen LogP contribution in [0, 0.1) is 17.8 Å². The minimum Gasteiger partial charge on any atom is -0.346 e.